The average Bonchev–Trinajstić information content (AvgIpc) is 3.40. The van der Waals surface area contributed by atoms with Gasteiger partial charge < -0.3 is 4.42 Å². The third-order valence-corrected chi connectivity index (χ3v) is 4.97. The van der Waals surface area contributed by atoms with Crippen LogP contribution in [0.25, 0.3) is 44.8 Å². The molecule has 0 unspecified atom stereocenters. The normalized spacial score (nSPS) is 11.1. The van der Waals surface area contributed by atoms with E-state index in [1.807, 2.05) is 41.9 Å². The molecule has 26 heavy (non-hydrogen) atoms. The molecule has 0 spiro atoms. The van der Waals surface area contributed by atoms with Gasteiger partial charge in [-0.3, -0.25) is 4.98 Å². The van der Waals surface area contributed by atoms with Gasteiger partial charge in [0.1, 0.15) is 0 Å². The number of nitrogens with zero attached hydrogens (tertiary/aromatic N) is 3. The van der Waals surface area contributed by atoms with E-state index in [9.17, 15) is 0 Å². The molecule has 5 aromatic rings. The van der Waals surface area contributed by atoms with Crippen LogP contribution in [-0.2, 0) is 0 Å². The smallest absolute Gasteiger partial charge is 0.249 e. The van der Waals surface area contributed by atoms with E-state index in [4.69, 9.17) is 4.42 Å². The molecule has 0 aliphatic carbocycles. The van der Waals surface area contributed by atoms with Gasteiger partial charge in [0.15, 0.2) is 0 Å². The highest BCUT2D eigenvalue weighted by Crippen LogP contribution is 2.31. The van der Waals surface area contributed by atoms with Gasteiger partial charge in [0.25, 0.3) is 0 Å². The Morgan fingerprint density at radius 2 is 1.62 bits per heavy atom. The van der Waals surface area contributed by atoms with Crippen molar-refractivity contribution in [2.45, 2.75) is 0 Å². The van der Waals surface area contributed by atoms with Gasteiger partial charge in [-0.05, 0) is 45.3 Å². The van der Waals surface area contributed by atoms with Crippen LogP contribution in [0.15, 0.2) is 82.2 Å². The first-order valence-electron chi connectivity index (χ1n) is 8.18. The van der Waals surface area contributed by atoms with Gasteiger partial charge in [0.2, 0.25) is 11.8 Å². The molecule has 3 heterocycles. The fourth-order valence-electron chi connectivity index (χ4n) is 3.00. The van der Waals surface area contributed by atoms with E-state index in [2.05, 4.69) is 44.8 Å². The summed E-state index contributed by atoms with van der Waals surface area (Å²) in [5.74, 6) is 0.982. The maximum absolute atomic E-state index is 5.98. The molecule has 0 bridgehead atoms. The molecular formula is C21H13N3OS. The Labute approximate surface area is 153 Å². The molecule has 0 aliphatic heterocycles. The standard InChI is InChI=1S/C21H13N3OS/c1-2-6-18-14(4-1)5-3-7-19(18)21-24-23-20(25-21)17-10-16(11-22-12-17)15-8-9-26-13-15/h1-13H. The highest BCUT2D eigenvalue weighted by atomic mass is 32.1. The maximum Gasteiger partial charge on any atom is 0.249 e. The van der Waals surface area contributed by atoms with E-state index in [0.717, 1.165) is 33.0 Å². The molecule has 5 heteroatoms. The van der Waals surface area contributed by atoms with Crippen molar-refractivity contribution in [2.75, 3.05) is 0 Å². The van der Waals surface area contributed by atoms with Crippen LogP contribution >= 0.6 is 11.3 Å². The lowest BCUT2D eigenvalue weighted by atomic mass is 10.0. The van der Waals surface area contributed by atoms with E-state index in [0.29, 0.717) is 11.8 Å². The van der Waals surface area contributed by atoms with Crippen molar-refractivity contribution in [3.8, 4) is 34.0 Å². The van der Waals surface area contributed by atoms with Crippen LogP contribution in [0.1, 0.15) is 0 Å². The fraction of sp³-hybridized carbons (Fsp3) is 0. The number of hydrogen-bond acceptors (Lipinski definition) is 5. The Morgan fingerprint density at radius 3 is 2.54 bits per heavy atom. The quantitative estimate of drug-likeness (QED) is 0.418. The number of rotatable bonds is 3. The summed E-state index contributed by atoms with van der Waals surface area (Å²) in [7, 11) is 0. The monoisotopic (exact) mass is 355 g/mol. The van der Waals surface area contributed by atoms with Gasteiger partial charge in [-0.25, -0.2) is 0 Å². The minimum atomic E-state index is 0.470. The SMILES string of the molecule is c1ccc2c(-c3nnc(-c4cncc(-c5ccsc5)c4)o3)cccc2c1. The predicted octanol–water partition coefficient (Wildman–Crippen LogP) is 5.68. The van der Waals surface area contributed by atoms with Gasteiger partial charge in [-0.1, -0.05) is 36.4 Å². The molecule has 0 radical (unpaired) electrons. The van der Waals surface area contributed by atoms with Crippen LogP contribution in [0.3, 0.4) is 0 Å². The van der Waals surface area contributed by atoms with Crippen molar-refractivity contribution >= 4 is 22.1 Å². The van der Waals surface area contributed by atoms with Crippen LogP contribution in [0.2, 0.25) is 0 Å². The molecule has 4 nitrogen and oxygen atoms in total. The zero-order valence-electron chi connectivity index (χ0n) is 13.7. The van der Waals surface area contributed by atoms with Crippen LogP contribution in [-0.4, -0.2) is 15.2 Å². The number of aromatic nitrogens is 3. The Hall–Kier alpha value is -3.31. The van der Waals surface area contributed by atoms with Gasteiger partial charge in [-0.2, -0.15) is 11.3 Å². The van der Waals surface area contributed by atoms with E-state index in [1.165, 1.54) is 0 Å². The highest BCUT2D eigenvalue weighted by Gasteiger charge is 2.14. The lowest BCUT2D eigenvalue weighted by Crippen LogP contribution is -1.83. The molecule has 0 amide bonds. The Kier molecular flexibility index (Phi) is 3.57. The summed E-state index contributed by atoms with van der Waals surface area (Å²) in [6.45, 7) is 0. The first-order chi connectivity index (χ1) is 12.9. The lowest BCUT2D eigenvalue weighted by molar-refractivity contribution is 0.585. The highest BCUT2D eigenvalue weighted by molar-refractivity contribution is 7.08. The summed E-state index contributed by atoms with van der Waals surface area (Å²) < 4.78 is 5.98. The van der Waals surface area contributed by atoms with Crippen molar-refractivity contribution < 1.29 is 4.42 Å². The second-order valence-corrected chi connectivity index (χ2v) is 6.69. The summed E-state index contributed by atoms with van der Waals surface area (Å²) in [6, 6.07) is 18.3. The molecule has 0 fully saturated rings. The molecular weight excluding hydrogens is 342 g/mol. The number of benzene rings is 2. The van der Waals surface area contributed by atoms with Crippen LogP contribution in [0, 0.1) is 0 Å². The number of fused-ring (bicyclic) bond motifs is 1. The maximum atomic E-state index is 5.98. The number of hydrogen-bond donors (Lipinski definition) is 0. The zero-order chi connectivity index (χ0) is 17.3. The van der Waals surface area contributed by atoms with Crippen molar-refractivity contribution in [2.24, 2.45) is 0 Å². The molecule has 0 atom stereocenters. The van der Waals surface area contributed by atoms with Gasteiger partial charge >= 0.3 is 0 Å². The number of pyridine rings is 1. The Balaban J connectivity index is 1.58. The first kappa shape index (κ1) is 15.0. The average molecular weight is 355 g/mol. The molecule has 0 aliphatic rings. The molecule has 0 saturated heterocycles. The zero-order valence-corrected chi connectivity index (χ0v) is 14.5. The minimum Gasteiger partial charge on any atom is -0.416 e. The van der Waals surface area contributed by atoms with Crippen molar-refractivity contribution in [3.63, 3.8) is 0 Å². The Morgan fingerprint density at radius 1 is 0.769 bits per heavy atom. The summed E-state index contributed by atoms with van der Waals surface area (Å²) in [4.78, 5) is 4.33. The predicted molar refractivity (Wildman–Crippen MR) is 104 cm³/mol. The van der Waals surface area contributed by atoms with E-state index in [1.54, 1.807) is 17.5 Å². The minimum absolute atomic E-state index is 0.470. The third kappa shape index (κ3) is 2.59. The van der Waals surface area contributed by atoms with Gasteiger partial charge in [0, 0.05) is 23.5 Å². The van der Waals surface area contributed by atoms with Crippen LogP contribution in [0.4, 0.5) is 0 Å². The molecule has 5 rings (SSSR count). The van der Waals surface area contributed by atoms with E-state index < -0.39 is 0 Å². The largest absolute Gasteiger partial charge is 0.416 e. The summed E-state index contributed by atoms with van der Waals surface area (Å²) in [6.07, 6.45) is 3.59. The molecule has 3 aromatic heterocycles. The topological polar surface area (TPSA) is 51.8 Å². The van der Waals surface area contributed by atoms with Crippen LogP contribution < -0.4 is 0 Å². The van der Waals surface area contributed by atoms with E-state index >= 15 is 0 Å². The van der Waals surface area contributed by atoms with Crippen molar-refractivity contribution in [1.82, 2.24) is 15.2 Å². The number of thiophene rings is 1. The molecule has 124 valence electrons. The van der Waals surface area contributed by atoms with Crippen molar-refractivity contribution in [1.29, 1.82) is 0 Å². The fourth-order valence-corrected chi connectivity index (χ4v) is 3.67. The van der Waals surface area contributed by atoms with Gasteiger partial charge in [0.05, 0.1) is 5.56 Å². The second kappa shape index (κ2) is 6.20. The van der Waals surface area contributed by atoms with Crippen LogP contribution in [0.5, 0.6) is 0 Å². The molecule has 0 saturated carbocycles. The lowest BCUT2D eigenvalue weighted by Gasteiger charge is -2.02. The summed E-state index contributed by atoms with van der Waals surface area (Å²) >= 11 is 1.66. The summed E-state index contributed by atoms with van der Waals surface area (Å²) in [5, 5.41) is 14.9. The molecule has 0 N–H and O–H groups in total. The molecule has 2 aromatic carbocycles. The first-order valence-corrected chi connectivity index (χ1v) is 9.12. The Bertz CT molecular complexity index is 1190. The van der Waals surface area contributed by atoms with Crippen molar-refractivity contribution in [3.05, 3.63) is 77.8 Å². The second-order valence-electron chi connectivity index (χ2n) is 5.91. The summed E-state index contributed by atoms with van der Waals surface area (Å²) in [5.41, 5.74) is 3.92. The third-order valence-electron chi connectivity index (χ3n) is 4.28. The van der Waals surface area contributed by atoms with E-state index in [-0.39, 0.29) is 0 Å². The van der Waals surface area contributed by atoms with Gasteiger partial charge in [-0.15, -0.1) is 10.2 Å².